The van der Waals surface area contributed by atoms with E-state index in [1.54, 1.807) is 0 Å². The van der Waals surface area contributed by atoms with Gasteiger partial charge in [-0.2, -0.15) is 0 Å². The van der Waals surface area contributed by atoms with Gasteiger partial charge in [0.25, 0.3) is 0 Å². The third kappa shape index (κ3) is 4.39. The van der Waals surface area contributed by atoms with Crippen LogP contribution in [0.5, 0.6) is 0 Å². The maximum Gasteiger partial charge on any atom is 0.307 e. The van der Waals surface area contributed by atoms with Crippen LogP contribution in [0.25, 0.3) is 0 Å². The average molecular weight is 236 g/mol. The quantitative estimate of drug-likeness (QED) is 0.747. The van der Waals surface area contributed by atoms with E-state index in [1.165, 1.54) is 7.11 Å². The highest BCUT2D eigenvalue weighted by atomic mass is 35.5. The fourth-order valence-electron chi connectivity index (χ4n) is 1.96. The predicted molar refractivity (Wildman–Crippen MR) is 63.0 cm³/mol. The van der Waals surface area contributed by atoms with Crippen LogP contribution >= 0.6 is 12.4 Å². The van der Waals surface area contributed by atoms with Gasteiger partial charge in [0.05, 0.1) is 13.5 Å². The summed E-state index contributed by atoms with van der Waals surface area (Å²) in [4.78, 5) is 11.1. The van der Waals surface area contributed by atoms with Crippen LogP contribution in [-0.2, 0) is 9.53 Å². The minimum Gasteiger partial charge on any atom is -0.469 e. The van der Waals surface area contributed by atoms with Gasteiger partial charge < -0.3 is 10.5 Å². The van der Waals surface area contributed by atoms with E-state index in [4.69, 9.17) is 5.73 Å². The first-order valence-electron chi connectivity index (χ1n) is 5.23. The van der Waals surface area contributed by atoms with Gasteiger partial charge in [-0.05, 0) is 31.1 Å². The van der Waals surface area contributed by atoms with E-state index in [2.05, 4.69) is 18.6 Å². The molecule has 3 nitrogen and oxygen atoms in total. The zero-order chi connectivity index (χ0) is 10.8. The Morgan fingerprint density at radius 1 is 1.27 bits per heavy atom. The Morgan fingerprint density at radius 2 is 1.73 bits per heavy atom. The molecule has 0 unspecified atom stereocenters. The molecule has 0 amide bonds. The summed E-state index contributed by atoms with van der Waals surface area (Å²) in [6, 6.07) is 0. The van der Waals surface area contributed by atoms with Gasteiger partial charge in [0.1, 0.15) is 0 Å². The van der Waals surface area contributed by atoms with Crippen molar-refractivity contribution in [2.24, 2.45) is 11.1 Å². The highest BCUT2D eigenvalue weighted by molar-refractivity contribution is 5.85. The molecule has 0 spiro atoms. The summed E-state index contributed by atoms with van der Waals surface area (Å²) in [5, 5.41) is 0. The molecule has 4 heteroatoms. The van der Waals surface area contributed by atoms with Crippen molar-refractivity contribution in [1.29, 1.82) is 0 Å². The maximum atomic E-state index is 11.1. The van der Waals surface area contributed by atoms with Gasteiger partial charge in [0.2, 0.25) is 0 Å². The normalized spacial score (nSPS) is 22.7. The first-order chi connectivity index (χ1) is 6.37. The molecule has 0 heterocycles. The van der Waals surface area contributed by atoms with E-state index in [0.717, 1.165) is 25.7 Å². The molecule has 1 saturated carbocycles. The Morgan fingerprint density at radius 3 is 2.13 bits per heavy atom. The molecular weight excluding hydrogens is 214 g/mol. The lowest BCUT2D eigenvalue weighted by Crippen LogP contribution is -2.46. The number of carbonyl (C=O) groups is 1. The molecule has 1 fully saturated rings. The van der Waals surface area contributed by atoms with Gasteiger partial charge in [0, 0.05) is 5.54 Å². The van der Waals surface area contributed by atoms with Crippen LogP contribution in [0, 0.1) is 5.41 Å². The number of rotatable bonds is 2. The summed E-state index contributed by atoms with van der Waals surface area (Å²) < 4.78 is 4.65. The first kappa shape index (κ1) is 14.7. The van der Waals surface area contributed by atoms with Gasteiger partial charge in [-0.25, -0.2) is 0 Å². The Kier molecular flexibility index (Phi) is 5.07. The molecule has 1 aliphatic rings. The molecule has 0 atom stereocenters. The van der Waals surface area contributed by atoms with Crippen LogP contribution in [0.1, 0.15) is 46.0 Å². The van der Waals surface area contributed by atoms with Crippen LogP contribution in [0.4, 0.5) is 0 Å². The lowest BCUT2D eigenvalue weighted by molar-refractivity contribution is -0.142. The van der Waals surface area contributed by atoms with Gasteiger partial charge in [-0.15, -0.1) is 12.4 Å². The molecule has 0 aromatic heterocycles. The number of esters is 1. The van der Waals surface area contributed by atoms with E-state index >= 15 is 0 Å². The molecule has 0 aromatic carbocycles. The Hall–Kier alpha value is -0.280. The number of halogens is 1. The lowest BCUT2D eigenvalue weighted by atomic mass is 9.69. The van der Waals surface area contributed by atoms with Crippen molar-refractivity contribution in [3.05, 3.63) is 0 Å². The van der Waals surface area contributed by atoms with Crippen LogP contribution < -0.4 is 5.73 Å². The molecule has 0 aliphatic heterocycles. The SMILES string of the molecule is COC(=O)CC1(N)CCC(C)(C)CC1.Cl. The number of hydrogen-bond acceptors (Lipinski definition) is 3. The van der Waals surface area contributed by atoms with Crippen molar-refractivity contribution < 1.29 is 9.53 Å². The second-order valence-electron chi connectivity index (χ2n) is 5.28. The third-order valence-corrected chi connectivity index (χ3v) is 3.32. The zero-order valence-corrected chi connectivity index (χ0v) is 10.7. The van der Waals surface area contributed by atoms with E-state index in [-0.39, 0.29) is 23.9 Å². The number of ether oxygens (including phenoxy) is 1. The summed E-state index contributed by atoms with van der Waals surface area (Å²) in [6.07, 6.45) is 4.41. The Labute approximate surface area is 98.2 Å². The highest BCUT2D eigenvalue weighted by Gasteiger charge is 2.36. The third-order valence-electron chi connectivity index (χ3n) is 3.32. The van der Waals surface area contributed by atoms with E-state index < -0.39 is 0 Å². The zero-order valence-electron chi connectivity index (χ0n) is 9.84. The van der Waals surface area contributed by atoms with Gasteiger partial charge in [-0.1, -0.05) is 13.8 Å². The van der Waals surface area contributed by atoms with Gasteiger partial charge in [-0.3, -0.25) is 4.79 Å². The van der Waals surface area contributed by atoms with Crippen molar-refractivity contribution >= 4 is 18.4 Å². The standard InChI is InChI=1S/C11H21NO2.ClH/c1-10(2)4-6-11(12,7-5-10)8-9(13)14-3;/h4-8,12H2,1-3H3;1H. The van der Waals surface area contributed by atoms with Gasteiger partial charge >= 0.3 is 5.97 Å². The van der Waals surface area contributed by atoms with Crippen molar-refractivity contribution in [2.45, 2.75) is 51.5 Å². The average Bonchev–Trinajstić information content (AvgIpc) is 2.11. The predicted octanol–water partition coefficient (Wildman–Crippen LogP) is 2.27. The van der Waals surface area contributed by atoms with Crippen molar-refractivity contribution in [2.75, 3.05) is 7.11 Å². The van der Waals surface area contributed by atoms with E-state index in [1.807, 2.05) is 0 Å². The van der Waals surface area contributed by atoms with Crippen molar-refractivity contribution in [1.82, 2.24) is 0 Å². The molecule has 0 aromatic rings. The smallest absolute Gasteiger partial charge is 0.307 e. The molecule has 90 valence electrons. The first-order valence-corrected chi connectivity index (χ1v) is 5.23. The summed E-state index contributed by atoms with van der Waals surface area (Å²) in [5.74, 6) is -0.188. The van der Waals surface area contributed by atoms with E-state index in [0.29, 0.717) is 11.8 Å². The van der Waals surface area contributed by atoms with Crippen LogP contribution in [0.2, 0.25) is 0 Å². The number of hydrogen-bond donors (Lipinski definition) is 1. The fourth-order valence-corrected chi connectivity index (χ4v) is 1.96. The van der Waals surface area contributed by atoms with Crippen LogP contribution in [-0.4, -0.2) is 18.6 Å². The molecule has 15 heavy (non-hydrogen) atoms. The number of carbonyl (C=O) groups excluding carboxylic acids is 1. The fraction of sp³-hybridized carbons (Fsp3) is 0.909. The monoisotopic (exact) mass is 235 g/mol. The van der Waals surface area contributed by atoms with E-state index in [9.17, 15) is 4.79 Å². The highest BCUT2D eigenvalue weighted by Crippen LogP contribution is 2.40. The second kappa shape index (κ2) is 5.17. The molecule has 0 radical (unpaired) electrons. The topological polar surface area (TPSA) is 52.3 Å². The minimum atomic E-state index is -0.317. The molecule has 1 aliphatic carbocycles. The minimum absolute atomic E-state index is 0. The van der Waals surface area contributed by atoms with Crippen LogP contribution in [0.15, 0.2) is 0 Å². The Bertz CT molecular complexity index is 219. The molecule has 0 saturated heterocycles. The molecule has 2 N–H and O–H groups in total. The molecule has 0 bridgehead atoms. The summed E-state index contributed by atoms with van der Waals surface area (Å²) >= 11 is 0. The lowest BCUT2D eigenvalue weighted by Gasteiger charge is -2.40. The Balaban J connectivity index is 0.00000196. The van der Waals surface area contributed by atoms with Gasteiger partial charge in [0.15, 0.2) is 0 Å². The molecular formula is C11H22ClNO2. The number of methoxy groups -OCH3 is 1. The second-order valence-corrected chi connectivity index (χ2v) is 5.28. The largest absolute Gasteiger partial charge is 0.469 e. The molecule has 1 rings (SSSR count). The summed E-state index contributed by atoms with van der Waals surface area (Å²) in [5.41, 5.74) is 6.23. The number of nitrogens with two attached hydrogens (primary N) is 1. The summed E-state index contributed by atoms with van der Waals surface area (Å²) in [7, 11) is 1.42. The van der Waals surface area contributed by atoms with Crippen molar-refractivity contribution in [3.63, 3.8) is 0 Å². The van der Waals surface area contributed by atoms with Crippen LogP contribution in [0.3, 0.4) is 0 Å². The van der Waals surface area contributed by atoms with Crippen molar-refractivity contribution in [3.8, 4) is 0 Å². The summed E-state index contributed by atoms with van der Waals surface area (Å²) in [6.45, 7) is 4.51. The maximum absolute atomic E-state index is 11.1.